The molecule has 150 valence electrons. The van der Waals surface area contributed by atoms with Gasteiger partial charge in [0.15, 0.2) is 11.5 Å². The zero-order valence-corrected chi connectivity index (χ0v) is 17.5. The number of fused-ring (bicyclic) bond motifs is 1. The van der Waals surface area contributed by atoms with Crippen molar-refractivity contribution in [2.24, 2.45) is 0 Å². The van der Waals surface area contributed by atoms with Gasteiger partial charge in [0, 0.05) is 6.07 Å². The van der Waals surface area contributed by atoms with Crippen molar-refractivity contribution in [1.29, 1.82) is 5.26 Å². The second-order valence-corrected chi connectivity index (χ2v) is 6.92. The minimum Gasteiger partial charge on any atom is -0.497 e. The molecule has 3 aromatic rings. The largest absolute Gasteiger partial charge is 0.497 e. The van der Waals surface area contributed by atoms with Gasteiger partial charge in [-0.2, -0.15) is 5.26 Å². The molecule has 0 aliphatic carbocycles. The average Bonchev–Trinajstić information content (AvgIpc) is 3.16. The first kappa shape index (κ1) is 20.6. The Hall–Kier alpha value is -3.17. The molecule has 0 fully saturated rings. The van der Waals surface area contributed by atoms with Crippen LogP contribution in [0.3, 0.4) is 0 Å². The third kappa shape index (κ3) is 4.47. The summed E-state index contributed by atoms with van der Waals surface area (Å²) >= 11 is 6.43. The zero-order chi connectivity index (χ0) is 21.0. The van der Waals surface area contributed by atoms with E-state index in [1.54, 1.807) is 32.4 Å². The lowest BCUT2D eigenvalue weighted by molar-refractivity contribution is 0.208. The summed E-state index contributed by atoms with van der Waals surface area (Å²) in [4.78, 5) is 7.66. The number of allylic oxidation sites excluding steroid dienone is 1. The molecule has 6 nitrogen and oxygen atoms in total. The number of nitrogens with one attached hydrogen (secondary N) is 1. The SMILES string of the molecule is CC[C@@H](C)Oc1c(Cl)cc(/C=C(/C#N)c2nc3ccc(OC)cc3[nH]2)cc1OC. The molecule has 1 heterocycles. The Morgan fingerprint density at radius 2 is 2.07 bits per heavy atom. The van der Waals surface area contributed by atoms with Gasteiger partial charge >= 0.3 is 0 Å². The van der Waals surface area contributed by atoms with E-state index in [9.17, 15) is 5.26 Å². The van der Waals surface area contributed by atoms with Crippen LogP contribution in [0.2, 0.25) is 5.02 Å². The molecule has 29 heavy (non-hydrogen) atoms. The zero-order valence-electron chi connectivity index (χ0n) is 16.7. The van der Waals surface area contributed by atoms with E-state index in [0.29, 0.717) is 39.2 Å². The number of imidazole rings is 1. The second kappa shape index (κ2) is 8.89. The van der Waals surface area contributed by atoms with E-state index in [1.165, 1.54) is 0 Å². The molecule has 0 aliphatic heterocycles. The van der Waals surface area contributed by atoms with E-state index < -0.39 is 0 Å². The highest BCUT2D eigenvalue weighted by Crippen LogP contribution is 2.38. The first-order valence-electron chi connectivity index (χ1n) is 9.19. The van der Waals surface area contributed by atoms with E-state index in [4.69, 9.17) is 25.8 Å². The molecule has 0 spiro atoms. The van der Waals surface area contributed by atoms with Gasteiger partial charge in [0.05, 0.1) is 42.0 Å². The van der Waals surface area contributed by atoms with Crippen molar-refractivity contribution in [2.75, 3.05) is 14.2 Å². The van der Waals surface area contributed by atoms with Crippen molar-refractivity contribution >= 4 is 34.3 Å². The Labute approximate surface area is 174 Å². The summed E-state index contributed by atoms with van der Waals surface area (Å²) in [6.45, 7) is 4.00. The highest BCUT2D eigenvalue weighted by Gasteiger charge is 2.15. The number of aromatic amines is 1. The van der Waals surface area contributed by atoms with Gasteiger partial charge in [0.25, 0.3) is 0 Å². The molecule has 7 heteroatoms. The number of halogens is 1. The van der Waals surface area contributed by atoms with Gasteiger partial charge in [0.1, 0.15) is 17.6 Å². The quantitative estimate of drug-likeness (QED) is 0.521. The van der Waals surface area contributed by atoms with Crippen LogP contribution in [0, 0.1) is 11.3 Å². The molecular weight excluding hydrogens is 390 g/mol. The lowest BCUT2D eigenvalue weighted by atomic mass is 10.1. The number of nitriles is 1. The standard InChI is InChI=1S/C22H22ClN3O3/c1-5-13(2)29-21-17(23)9-14(10-20(21)28-4)8-15(12-24)22-25-18-7-6-16(27-3)11-19(18)26-22/h6-11,13H,5H2,1-4H3,(H,25,26)/b15-8-/t13-/m1/s1. The molecule has 0 aliphatic rings. The minimum absolute atomic E-state index is 0.00463. The summed E-state index contributed by atoms with van der Waals surface area (Å²) < 4.78 is 16.6. The number of nitrogens with zero attached hydrogens (tertiary/aromatic N) is 2. The normalized spacial score (nSPS) is 12.5. The maximum Gasteiger partial charge on any atom is 0.180 e. The molecule has 1 N–H and O–H groups in total. The van der Waals surface area contributed by atoms with E-state index in [0.717, 1.165) is 17.5 Å². The lowest BCUT2D eigenvalue weighted by Gasteiger charge is -2.17. The van der Waals surface area contributed by atoms with Crippen LogP contribution >= 0.6 is 11.6 Å². The van der Waals surface area contributed by atoms with Crippen molar-refractivity contribution in [3.8, 4) is 23.3 Å². The number of H-pyrrole nitrogens is 1. The number of hydrogen-bond donors (Lipinski definition) is 1. The summed E-state index contributed by atoms with van der Waals surface area (Å²) in [5.41, 5.74) is 2.61. The summed E-state index contributed by atoms with van der Waals surface area (Å²) in [6.07, 6.45) is 2.55. The molecule has 0 saturated carbocycles. The fourth-order valence-corrected chi connectivity index (χ4v) is 3.05. The maximum absolute atomic E-state index is 9.68. The van der Waals surface area contributed by atoms with E-state index >= 15 is 0 Å². The topological polar surface area (TPSA) is 80.2 Å². The summed E-state index contributed by atoms with van der Waals surface area (Å²) in [5, 5.41) is 10.1. The van der Waals surface area contributed by atoms with Crippen LogP contribution in [-0.4, -0.2) is 30.3 Å². The molecule has 3 rings (SSSR count). The molecule has 2 aromatic carbocycles. The van der Waals surface area contributed by atoms with E-state index in [1.807, 2.05) is 32.0 Å². The lowest BCUT2D eigenvalue weighted by Crippen LogP contribution is -2.11. The number of benzene rings is 2. The van der Waals surface area contributed by atoms with Crippen LogP contribution in [0.25, 0.3) is 22.7 Å². The molecule has 0 bridgehead atoms. The Morgan fingerprint density at radius 1 is 1.28 bits per heavy atom. The second-order valence-electron chi connectivity index (χ2n) is 6.51. The van der Waals surface area contributed by atoms with Gasteiger partial charge in [-0.1, -0.05) is 18.5 Å². The van der Waals surface area contributed by atoms with Gasteiger partial charge < -0.3 is 19.2 Å². The molecular formula is C22H22ClN3O3. The van der Waals surface area contributed by atoms with E-state index in [2.05, 4.69) is 16.0 Å². The maximum atomic E-state index is 9.68. The van der Waals surface area contributed by atoms with Crippen molar-refractivity contribution in [2.45, 2.75) is 26.4 Å². The van der Waals surface area contributed by atoms with Crippen molar-refractivity contribution in [1.82, 2.24) is 9.97 Å². The smallest absolute Gasteiger partial charge is 0.180 e. The monoisotopic (exact) mass is 411 g/mol. The fourth-order valence-electron chi connectivity index (χ4n) is 2.79. The Bertz CT molecular complexity index is 1100. The molecule has 0 unspecified atom stereocenters. The third-order valence-electron chi connectivity index (χ3n) is 4.52. The summed E-state index contributed by atoms with van der Waals surface area (Å²) in [5.74, 6) is 2.18. The first-order valence-corrected chi connectivity index (χ1v) is 9.57. The van der Waals surface area contributed by atoms with Crippen molar-refractivity contribution < 1.29 is 14.2 Å². The van der Waals surface area contributed by atoms with Crippen molar-refractivity contribution in [3.63, 3.8) is 0 Å². The van der Waals surface area contributed by atoms with Crippen molar-refractivity contribution in [3.05, 3.63) is 46.7 Å². The van der Waals surface area contributed by atoms with Crippen LogP contribution in [0.1, 0.15) is 31.7 Å². The highest BCUT2D eigenvalue weighted by atomic mass is 35.5. The molecule has 0 radical (unpaired) electrons. The van der Waals surface area contributed by atoms with Gasteiger partial charge in [-0.25, -0.2) is 4.98 Å². The average molecular weight is 412 g/mol. The molecule has 1 atom stereocenters. The molecule has 0 amide bonds. The molecule has 0 saturated heterocycles. The minimum atomic E-state index is 0.00463. The van der Waals surface area contributed by atoms with Crippen LogP contribution < -0.4 is 14.2 Å². The predicted molar refractivity (Wildman–Crippen MR) is 115 cm³/mol. The number of hydrogen-bond acceptors (Lipinski definition) is 5. The predicted octanol–water partition coefficient (Wildman–Crippen LogP) is 5.47. The van der Waals surface area contributed by atoms with E-state index in [-0.39, 0.29) is 6.10 Å². The number of methoxy groups -OCH3 is 2. The summed E-state index contributed by atoms with van der Waals surface area (Å²) in [6, 6.07) is 11.2. The Balaban J connectivity index is 2.01. The van der Waals surface area contributed by atoms with Crippen LogP contribution in [0.5, 0.6) is 17.2 Å². The first-order chi connectivity index (χ1) is 14.0. The number of rotatable bonds is 7. The van der Waals surface area contributed by atoms with Gasteiger partial charge in [-0.15, -0.1) is 0 Å². The molecule has 1 aromatic heterocycles. The number of aromatic nitrogens is 2. The third-order valence-corrected chi connectivity index (χ3v) is 4.80. The Morgan fingerprint density at radius 3 is 2.72 bits per heavy atom. The highest BCUT2D eigenvalue weighted by molar-refractivity contribution is 6.32. The fraction of sp³-hybridized carbons (Fsp3) is 0.273. The summed E-state index contributed by atoms with van der Waals surface area (Å²) in [7, 11) is 3.16. The van der Waals surface area contributed by atoms with Crippen LogP contribution in [0.4, 0.5) is 0 Å². The van der Waals surface area contributed by atoms with Gasteiger partial charge in [-0.05, 0) is 49.2 Å². The van der Waals surface area contributed by atoms with Gasteiger partial charge in [-0.3, -0.25) is 0 Å². The number of ether oxygens (including phenoxy) is 3. The van der Waals surface area contributed by atoms with Crippen LogP contribution in [0.15, 0.2) is 30.3 Å². The Kier molecular flexibility index (Phi) is 6.30. The van der Waals surface area contributed by atoms with Crippen LogP contribution in [-0.2, 0) is 0 Å². The van der Waals surface area contributed by atoms with Gasteiger partial charge in [0.2, 0.25) is 0 Å².